The van der Waals surface area contributed by atoms with Crippen LogP contribution in [0.1, 0.15) is 96.7 Å². The van der Waals surface area contributed by atoms with Crippen LogP contribution in [0.2, 0.25) is 0 Å². The van der Waals surface area contributed by atoms with Gasteiger partial charge in [0.15, 0.2) is 0 Å². The monoisotopic (exact) mass is 661 g/mol. The van der Waals surface area contributed by atoms with Crippen molar-refractivity contribution in [3.63, 3.8) is 0 Å². The zero-order valence-corrected chi connectivity index (χ0v) is 30.6. The Labute approximate surface area is 288 Å². The van der Waals surface area contributed by atoms with Gasteiger partial charge in [0.2, 0.25) is 5.91 Å². The van der Waals surface area contributed by atoms with Gasteiger partial charge in [-0.05, 0) is 100 Å². The van der Waals surface area contributed by atoms with Gasteiger partial charge in [-0.15, -0.1) is 0 Å². The minimum absolute atomic E-state index is 0.0300. The van der Waals surface area contributed by atoms with Crippen LogP contribution in [0.3, 0.4) is 0 Å². The van der Waals surface area contributed by atoms with Crippen LogP contribution in [0.15, 0.2) is 47.5 Å². The third-order valence-corrected chi connectivity index (χ3v) is 9.74. The molecule has 264 valence electrons. The molecule has 2 aromatic carbocycles. The van der Waals surface area contributed by atoms with Crippen LogP contribution >= 0.6 is 0 Å². The molecule has 0 aromatic heterocycles. The van der Waals surface area contributed by atoms with Crippen molar-refractivity contribution in [3.05, 3.63) is 70.3 Å². The Morgan fingerprint density at radius 3 is 2.42 bits per heavy atom. The average Bonchev–Trinajstić information content (AvgIpc) is 3.07. The van der Waals surface area contributed by atoms with Gasteiger partial charge in [-0.25, -0.2) is 0 Å². The highest BCUT2D eigenvalue weighted by Gasteiger charge is 2.35. The maximum absolute atomic E-state index is 14.2. The average molecular weight is 662 g/mol. The van der Waals surface area contributed by atoms with Gasteiger partial charge in [0.05, 0.1) is 12.1 Å². The largest absolute Gasteiger partial charge is 0.381 e. The Morgan fingerprint density at radius 2 is 1.77 bits per heavy atom. The maximum atomic E-state index is 14.2. The second kappa shape index (κ2) is 18.8. The minimum Gasteiger partial charge on any atom is -0.381 e. The molecule has 3 rings (SSSR count). The molecule has 1 fully saturated rings. The molecule has 0 heterocycles. The highest BCUT2D eigenvalue weighted by molar-refractivity contribution is 6.00. The normalized spacial score (nSPS) is 19.1. The fraction of sp³-hybridized carbons (Fsp3) is 0.590. The topological polar surface area (TPSA) is 103 Å². The van der Waals surface area contributed by atoms with Crippen LogP contribution in [-0.4, -0.2) is 99.8 Å². The van der Waals surface area contributed by atoms with Crippen LogP contribution in [-0.2, 0) is 16.0 Å². The zero-order valence-electron chi connectivity index (χ0n) is 30.6. The van der Waals surface area contributed by atoms with E-state index in [9.17, 15) is 14.4 Å². The summed E-state index contributed by atoms with van der Waals surface area (Å²) in [5.74, 6) is 0.134. The van der Waals surface area contributed by atoms with Crippen LogP contribution in [0.25, 0.3) is 0 Å². The highest BCUT2D eigenvalue weighted by atomic mass is 16.5. The van der Waals surface area contributed by atoms with E-state index >= 15 is 0 Å². The Kier molecular flexibility index (Phi) is 15.3. The van der Waals surface area contributed by atoms with Crippen LogP contribution in [0.4, 0.5) is 0 Å². The summed E-state index contributed by atoms with van der Waals surface area (Å²) in [4.78, 5) is 48.8. The third kappa shape index (κ3) is 10.7. The summed E-state index contributed by atoms with van der Waals surface area (Å²) < 4.78 is 5.88. The molecule has 1 saturated carbocycles. The standard InChI is InChI=1S/C39H59N5O4/c1-10-18-43(7)39(47)32-20-30(34-16-13-17-36(48-9)35(34)24-40-6)19-31(21-32)38(46)42-33(22-29-15-12-11-14-27(29)4)25-44(8)28(5)37(45)41-23-26(2)3/h11-12,14-15,19-21,26,28,33-36H,6,10,13,16-18,22-25H2,1-5,7-9H3,(H,41,45)(H,42,46)/t28-,33-,34?,35?,36?/m0/s1. The lowest BCUT2D eigenvalue weighted by molar-refractivity contribution is -0.125. The van der Waals surface area contributed by atoms with Gasteiger partial charge in [0, 0.05) is 63.4 Å². The Bertz CT molecular complexity index is 1380. The lowest BCUT2D eigenvalue weighted by atomic mass is 9.73. The van der Waals surface area contributed by atoms with Gasteiger partial charge in [-0.1, -0.05) is 51.5 Å². The molecule has 9 nitrogen and oxygen atoms in total. The number of nitrogens with one attached hydrogen (secondary N) is 2. The predicted molar refractivity (Wildman–Crippen MR) is 195 cm³/mol. The summed E-state index contributed by atoms with van der Waals surface area (Å²) >= 11 is 0. The lowest BCUT2D eigenvalue weighted by Crippen LogP contribution is -2.50. The Morgan fingerprint density at radius 1 is 1.06 bits per heavy atom. The molecule has 1 aliphatic carbocycles. The van der Waals surface area contributed by atoms with Crippen molar-refractivity contribution in [2.45, 2.75) is 90.8 Å². The Balaban J connectivity index is 1.99. The van der Waals surface area contributed by atoms with E-state index in [4.69, 9.17) is 4.74 Å². The van der Waals surface area contributed by atoms with Crippen molar-refractivity contribution < 1.29 is 19.1 Å². The lowest BCUT2D eigenvalue weighted by Gasteiger charge is -2.37. The fourth-order valence-electron chi connectivity index (χ4n) is 6.80. The second-order valence-corrected chi connectivity index (χ2v) is 14.0. The van der Waals surface area contributed by atoms with Gasteiger partial charge in [-0.3, -0.25) is 19.3 Å². The Hall–Kier alpha value is -3.56. The number of benzene rings is 2. The minimum atomic E-state index is -0.378. The molecule has 9 heteroatoms. The van der Waals surface area contributed by atoms with E-state index < -0.39 is 0 Å². The molecule has 0 spiro atoms. The van der Waals surface area contributed by atoms with Crippen molar-refractivity contribution in [2.24, 2.45) is 16.8 Å². The highest BCUT2D eigenvalue weighted by Crippen LogP contribution is 2.40. The number of ether oxygens (including phenoxy) is 1. The summed E-state index contributed by atoms with van der Waals surface area (Å²) in [7, 11) is 5.46. The van der Waals surface area contributed by atoms with Crippen LogP contribution in [0.5, 0.6) is 0 Å². The summed E-state index contributed by atoms with van der Waals surface area (Å²) in [6, 6.07) is 13.1. The number of hydrogen-bond acceptors (Lipinski definition) is 6. The molecule has 3 unspecified atom stereocenters. The first-order valence-corrected chi connectivity index (χ1v) is 17.6. The number of carbonyl (C=O) groups excluding carboxylic acids is 3. The van der Waals surface area contributed by atoms with Crippen molar-refractivity contribution in [1.29, 1.82) is 0 Å². The number of likely N-dealkylation sites (N-methyl/N-ethyl adjacent to an activating group) is 1. The molecule has 2 N–H and O–H groups in total. The molecular weight excluding hydrogens is 602 g/mol. The number of rotatable bonds is 17. The van der Waals surface area contributed by atoms with E-state index in [1.165, 1.54) is 0 Å². The van der Waals surface area contributed by atoms with Gasteiger partial charge >= 0.3 is 0 Å². The van der Waals surface area contributed by atoms with E-state index in [2.05, 4.69) is 55.2 Å². The van der Waals surface area contributed by atoms with Gasteiger partial charge < -0.3 is 25.3 Å². The van der Waals surface area contributed by atoms with E-state index in [0.29, 0.717) is 49.6 Å². The quantitative estimate of drug-likeness (QED) is 0.218. The summed E-state index contributed by atoms with van der Waals surface area (Å²) in [6.07, 6.45) is 4.31. The molecule has 5 atom stereocenters. The van der Waals surface area contributed by atoms with E-state index in [1.807, 2.05) is 50.1 Å². The first-order valence-electron chi connectivity index (χ1n) is 17.6. The number of aliphatic imine (C=N–C) groups is 1. The first kappa shape index (κ1) is 38.9. The molecule has 0 radical (unpaired) electrons. The number of methoxy groups -OCH3 is 1. The van der Waals surface area contributed by atoms with Gasteiger partial charge in [-0.2, -0.15) is 0 Å². The van der Waals surface area contributed by atoms with Crippen LogP contribution < -0.4 is 10.6 Å². The molecule has 3 amide bonds. The molecular formula is C39H59N5O4. The fourth-order valence-corrected chi connectivity index (χ4v) is 6.80. The molecule has 1 aliphatic rings. The number of carbonyl (C=O) groups is 3. The van der Waals surface area contributed by atoms with E-state index in [0.717, 1.165) is 42.4 Å². The molecule has 48 heavy (non-hydrogen) atoms. The van der Waals surface area contributed by atoms with Gasteiger partial charge in [0.1, 0.15) is 0 Å². The zero-order chi connectivity index (χ0) is 35.4. The molecule has 0 bridgehead atoms. The van der Waals surface area contributed by atoms with E-state index in [-0.39, 0.29) is 47.7 Å². The molecule has 2 aromatic rings. The maximum Gasteiger partial charge on any atom is 0.253 e. The van der Waals surface area contributed by atoms with Crippen molar-refractivity contribution >= 4 is 24.4 Å². The summed E-state index contributed by atoms with van der Waals surface area (Å²) in [5.41, 5.74) is 4.18. The van der Waals surface area contributed by atoms with Crippen molar-refractivity contribution in [2.75, 3.05) is 47.4 Å². The number of hydrogen-bond donors (Lipinski definition) is 2. The van der Waals surface area contributed by atoms with Crippen molar-refractivity contribution in [3.8, 4) is 0 Å². The summed E-state index contributed by atoms with van der Waals surface area (Å²) in [5, 5.41) is 6.33. The van der Waals surface area contributed by atoms with E-state index in [1.54, 1.807) is 25.1 Å². The SMILES string of the molecule is C=NCC1C(OC)CCCC1c1cc(C(=O)N[C@@H](Cc2ccccc2C)CN(C)[C@@H](C)C(=O)NCC(C)C)cc(C(=O)N(C)CCC)c1. The predicted octanol–water partition coefficient (Wildman–Crippen LogP) is 5.51. The third-order valence-electron chi connectivity index (χ3n) is 9.74. The van der Waals surface area contributed by atoms with Crippen molar-refractivity contribution in [1.82, 2.24) is 20.4 Å². The second-order valence-electron chi connectivity index (χ2n) is 14.0. The summed E-state index contributed by atoms with van der Waals surface area (Å²) in [6.45, 7) is 16.1. The number of nitrogens with zero attached hydrogens (tertiary/aromatic N) is 3. The smallest absolute Gasteiger partial charge is 0.253 e. The first-order chi connectivity index (χ1) is 22.9. The van der Waals surface area contributed by atoms with Crippen LogP contribution in [0, 0.1) is 18.8 Å². The number of amides is 3. The van der Waals surface area contributed by atoms with Gasteiger partial charge in [0.25, 0.3) is 11.8 Å². The molecule has 0 aliphatic heterocycles. The number of aryl methyl sites for hydroxylation is 1. The molecule has 0 saturated heterocycles.